The van der Waals surface area contributed by atoms with Gasteiger partial charge in [0.15, 0.2) is 0 Å². The standard InChI is InChI=1S/C26H30N4O4/c1-2-33-25(31)21-15-13-18(14-16-21)17-27-26(32)28-22(19-9-5-3-6-10-19)24-30-29-23(34-24)20-11-7-4-8-12-20/h3-12,18,21-22H,2,13-17H2,1H3,(H2,27,28,32)/t18?,21?,22-/m1/s1. The number of hydrogen-bond acceptors (Lipinski definition) is 6. The van der Waals surface area contributed by atoms with Crippen molar-refractivity contribution in [2.24, 2.45) is 11.8 Å². The average Bonchev–Trinajstić information content (AvgIpc) is 3.38. The van der Waals surface area contributed by atoms with Gasteiger partial charge in [-0.15, -0.1) is 10.2 Å². The van der Waals surface area contributed by atoms with E-state index in [0.717, 1.165) is 36.8 Å². The van der Waals surface area contributed by atoms with Gasteiger partial charge in [-0.1, -0.05) is 48.5 Å². The molecule has 0 bridgehead atoms. The van der Waals surface area contributed by atoms with Gasteiger partial charge in [0, 0.05) is 12.1 Å². The summed E-state index contributed by atoms with van der Waals surface area (Å²) in [6.45, 7) is 2.78. The molecule has 178 valence electrons. The number of amides is 2. The highest BCUT2D eigenvalue weighted by atomic mass is 16.5. The monoisotopic (exact) mass is 462 g/mol. The molecule has 1 heterocycles. The second-order valence-electron chi connectivity index (χ2n) is 8.48. The molecular formula is C26H30N4O4. The Bertz CT molecular complexity index is 1060. The van der Waals surface area contributed by atoms with E-state index in [1.54, 1.807) is 0 Å². The molecule has 8 nitrogen and oxygen atoms in total. The highest BCUT2D eigenvalue weighted by Crippen LogP contribution is 2.29. The highest BCUT2D eigenvalue weighted by molar-refractivity contribution is 5.75. The molecule has 1 fully saturated rings. The van der Waals surface area contributed by atoms with Crippen LogP contribution in [0.4, 0.5) is 4.79 Å². The normalized spacial score (nSPS) is 18.6. The minimum absolute atomic E-state index is 0.0242. The SMILES string of the molecule is CCOC(=O)C1CCC(CNC(=O)N[C@H](c2ccccc2)c2nnc(-c3ccccc3)o2)CC1. The quantitative estimate of drug-likeness (QED) is 0.478. The summed E-state index contributed by atoms with van der Waals surface area (Å²) in [7, 11) is 0. The van der Waals surface area contributed by atoms with Crippen molar-refractivity contribution in [3.63, 3.8) is 0 Å². The third-order valence-corrected chi connectivity index (χ3v) is 6.13. The van der Waals surface area contributed by atoms with Gasteiger partial charge in [0.2, 0.25) is 11.8 Å². The van der Waals surface area contributed by atoms with Crippen LogP contribution in [0.3, 0.4) is 0 Å². The summed E-state index contributed by atoms with van der Waals surface area (Å²) in [5.41, 5.74) is 1.66. The topological polar surface area (TPSA) is 106 Å². The van der Waals surface area contributed by atoms with Gasteiger partial charge in [0.1, 0.15) is 6.04 Å². The Morgan fingerprint density at radius 3 is 2.35 bits per heavy atom. The summed E-state index contributed by atoms with van der Waals surface area (Å²) in [4.78, 5) is 24.7. The Labute approximate surface area is 199 Å². The van der Waals surface area contributed by atoms with Crippen LogP contribution in [0, 0.1) is 11.8 Å². The van der Waals surface area contributed by atoms with E-state index in [1.807, 2.05) is 67.6 Å². The Morgan fingerprint density at radius 2 is 1.68 bits per heavy atom. The molecule has 2 N–H and O–H groups in total. The maximum absolute atomic E-state index is 12.8. The fourth-order valence-corrected chi connectivity index (χ4v) is 4.26. The molecule has 2 amide bonds. The first kappa shape index (κ1) is 23.5. The predicted molar refractivity (Wildman–Crippen MR) is 127 cm³/mol. The molecule has 1 aromatic heterocycles. The number of benzene rings is 2. The molecule has 0 radical (unpaired) electrons. The third kappa shape index (κ3) is 6.01. The van der Waals surface area contributed by atoms with Crippen LogP contribution in [0.1, 0.15) is 50.1 Å². The zero-order valence-electron chi connectivity index (χ0n) is 19.3. The van der Waals surface area contributed by atoms with Gasteiger partial charge in [-0.2, -0.15) is 0 Å². The highest BCUT2D eigenvalue weighted by Gasteiger charge is 2.28. The lowest BCUT2D eigenvalue weighted by Crippen LogP contribution is -2.41. The van der Waals surface area contributed by atoms with E-state index in [-0.39, 0.29) is 17.9 Å². The number of nitrogens with one attached hydrogen (secondary N) is 2. The fourth-order valence-electron chi connectivity index (χ4n) is 4.26. The number of nitrogens with zero attached hydrogens (tertiary/aromatic N) is 2. The molecule has 2 aromatic carbocycles. The number of esters is 1. The molecule has 0 aliphatic heterocycles. The maximum atomic E-state index is 12.8. The van der Waals surface area contributed by atoms with Crippen LogP contribution in [0.2, 0.25) is 0 Å². The molecule has 4 rings (SSSR count). The molecule has 1 atom stereocenters. The van der Waals surface area contributed by atoms with Crippen LogP contribution in [-0.2, 0) is 9.53 Å². The van der Waals surface area contributed by atoms with E-state index in [1.165, 1.54) is 0 Å². The summed E-state index contributed by atoms with van der Waals surface area (Å²) in [5.74, 6) is 0.919. The first-order valence-electron chi connectivity index (χ1n) is 11.8. The van der Waals surface area contributed by atoms with Gasteiger partial charge in [0.25, 0.3) is 0 Å². The van der Waals surface area contributed by atoms with Crippen molar-refractivity contribution in [1.82, 2.24) is 20.8 Å². The molecule has 34 heavy (non-hydrogen) atoms. The Hall–Kier alpha value is -3.68. The Morgan fingerprint density at radius 1 is 1.00 bits per heavy atom. The van der Waals surface area contributed by atoms with Crippen LogP contribution in [-0.4, -0.2) is 35.3 Å². The number of ether oxygens (including phenoxy) is 1. The second-order valence-corrected chi connectivity index (χ2v) is 8.48. The first-order chi connectivity index (χ1) is 16.6. The largest absolute Gasteiger partial charge is 0.466 e. The lowest BCUT2D eigenvalue weighted by Gasteiger charge is -2.27. The number of hydrogen-bond donors (Lipinski definition) is 2. The molecule has 1 saturated carbocycles. The molecule has 1 aliphatic rings. The van der Waals surface area contributed by atoms with E-state index < -0.39 is 6.04 Å². The van der Waals surface area contributed by atoms with Crippen molar-refractivity contribution in [1.29, 1.82) is 0 Å². The van der Waals surface area contributed by atoms with Gasteiger partial charge in [0.05, 0.1) is 12.5 Å². The van der Waals surface area contributed by atoms with Crippen LogP contribution in [0.5, 0.6) is 0 Å². The van der Waals surface area contributed by atoms with Crippen LogP contribution in [0.15, 0.2) is 65.1 Å². The van der Waals surface area contributed by atoms with Gasteiger partial charge < -0.3 is 19.8 Å². The number of carbonyl (C=O) groups excluding carboxylic acids is 2. The lowest BCUT2D eigenvalue weighted by atomic mass is 9.82. The third-order valence-electron chi connectivity index (χ3n) is 6.13. The van der Waals surface area contributed by atoms with E-state index >= 15 is 0 Å². The first-order valence-corrected chi connectivity index (χ1v) is 11.8. The van der Waals surface area contributed by atoms with Crippen molar-refractivity contribution in [2.75, 3.05) is 13.2 Å². The maximum Gasteiger partial charge on any atom is 0.315 e. The summed E-state index contributed by atoms with van der Waals surface area (Å²) in [6.07, 6.45) is 3.36. The molecule has 0 unspecified atom stereocenters. The minimum Gasteiger partial charge on any atom is -0.466 e. The number of aromatic nitrogens is 2. The second kappa shape index (κ2) is 11.4. The smallest absolute Gasteiger partial charge is 0.315 e. The molecule has 8 heteroatoms. The van der Waals surface area contributed by atoms with Crippen molar-refractivity contribution in [2.45, 2.75) is 38.6 Å². The van der Waals surface area contributed by atoms with E-state index in [9.17, 15) is 9.59 Å². The summed E-state index contributed by atoms with van der Waals surface area (Å²) >= 11 is 0. The van der Waals surface area contributed by atoms with Gasteiger partial charge in [-0.05, 0) is 56.2 Å². The van der Waals surface area contributed by atoms with E-state index in [4.69, 9.17) is 9.15 Å². The average molecular weight is 463 g/mol. The van der Waals surface area contributed by atoms with E-state index in [2.05, 4.69) is 20.8 Å². The molecular weight excluding hydrogens is 432 g/mol. The van der Waals surface area contributed by atoms with Crippen molar-refractivity contribution in [3.8, 4) is 11.5 Å². The van der Waals surface area contributed by atoms with Crippen molar-refractivity contribution < 1.29 is 18.7 Å². The molecule has 1 aliphatic carbocycles. The summed E-state index contributed by atoms with van der Waals surface area (Å²) in [5, 5.41) is 14.3. The molecule has 3 aromatic rings. The summed E-state index contributed by atoms with van der Waals surface area (Å²) in [6, 6.07) is 18.2. The van der Waals surface area contributed by atoms with Crippen LogP contribution in [0.25, 0.3) is 11.5 Å². The molecule has 0 spiro atoms. The Kier molecular flexibility index (Phi) is 7.91. The number of rotatable bonds is 8. The van der Waals surface area contributed by atoms with E-state index in [0.29, 0.717) is 30.9 Å². The van der Waals surface area contributed by atoms with Gasteiger partial charge in [-0.3, -0.25) is 4.79 Å². The number of urea groups is 1. The van der Waals surface area contributed by atoms with Gasteiger partial charge >= 0.3 is 12.0 Å². The fraction of sp³-hybridized carbons (Fsp3) is 0.385. The Balaban J connectivity index is 1.37. The van der Waals surface area contributed by atoms with Crippen molar-refractivity contribution in [3.05, 3.63) is 72.1 Å². The minimum atomic E-state index is -0.578. The lowest BCUT2D eigenvalue weighted by molar-refractivity contribution is -0.149. The number of carbonyl (C=O) groups is 2. The summed E-state index contributed by atoms with van der Waals surface area (Å²) < 4.78 is 11.1. The van der Waals surface area contributed by atoms with Crippen molar-refractivity contribution >= 4 is 12.0 Å². The van der Waals surface area contributed by atoms with Crippen LogP contribution >= 0.6 is 0 Å². The van der Waals surface area contributed by atoms with Crippen LogP contribution < -0.4 is 10.6 Å². The zero-order chi connectivity index (χ0) is 23.8. The van der Waals surface area contributed by atoms with Gasteiger partial charge in [-0.25, -0.2) is 4.79 Å². The molecule has 0 saturated heterocycles. The predicted octanol–water partition coefficient (Wildman–Crippen LogP) is 4.49. The zero-order valence-corrected chi connectivity index (χ0v) is 19.3.